The van der Waals surface area contributed by atoms with Crippen molar-refractivity contribution < 1.29 is 4.74 Å². The van der Waals surface area contributed by atoms with Crippen molar-refractivity contribution >= 4 is 0 Å². The van der Waals surface area contributed by atoms with Gasteiger partial charge in [-0.15, -0.1) is 0 Å². The maximum Gasteiger partial charge on any atom is 0.0684 e. The second-order valence-electron chi connectivity index (χ2n) is 4.77. The predicted octanol–water partition coefficient (Wildman–Crippen LogP) is 2.60. The zero-order valence-corrected chi connectivity index (χ0v) is 8.77. The molecule has 0 unspecified atom stereocenters. The first-order valence-corrected chi connectivity index (χ1v) is 4.23. The lowest BCUT2D eigenvalue weighted by Gasteiger charge is -2.29. The Morgan fingerprint density at radius 1 is 1.25 bits per heavy atom. The topological polar surface area (TPSA) is 33.0 Å². The smallest absolute Gasteiger partial charge is 0.0684 e. The van der Waals surface area contributed by atoms with E-state index in [1.165, 1.54) is 0 Å². The van der Waals surface area contributed by atoms with Crippen LogP contribution in [0, 0.1) is 22.2 Å². The summed E-state index contributed by atoms with van der Waals surface area (Å²) in [6.07, 6.45) is 0.865. The van der Waals surface area contributed by atoms with Crippen molar-refractivity contribution in [2.24, 2.45) is 10.8 Å². The van der Waals surface area contributed by atoms with Gasteiger partial charge < -0.3 is 4.74 Å². The first-order valence-electron chi connectivity index (χ1n) is 4.23. The van der Waals surface area contributed by atoms with Crippen molar-refractivity contribution in [1.29, 1.82) is 5.26 Å². The van der Waals surface area contributed by atoms with Gasteiger partial charge in [0.1, 0.15) is 0 Å². The van der Waals surface area contributed by atoms with E-state index in [-0.39, 0.29) is 10.8 Å². The monoisotopic (exact) mass is 169 g/mol. The van der Waals surface area contributed by atoms with Crippen molar-refractivity contribution in [3.05, 3.63) is 0 Å². The van der Waals surface area contributed by atoms with Gasteiger partial charge in [-0.25, -0.2) is 0 Å². The van der Waals surface area contributed by atoms with Gasteiger partial charge in [-0.3, -0.25) is 0 Å². The van der Waals surface area contributed by atoms with E-state index in [1.54, 1.807) is 7.11 Å². The quantitative estimate of drug-likeness (QED) is 0.648. The van der Waals surface area contributed by atoms with Crippen LogP contribution < -0.4 is 0 Å². The second-order valence-corrected chi connectivity index (χ2v) is 4.77. The van der Waals surface area contributed by atoms with Crippen LogP contribution in [-0.4, -0.2) is 13.7 Å². The SMILES string of the molecule is COCC(C)(C)CC(C)(C)C#N. The van der Waals surface area contributed by atoms with Crippen molar-refractivity contribution in [3.8, 4) is 6.07 Å². The van der Waals surface area contributed by atoms with Crippen LogP contribution in [0.2, 0.25) is 0 Å². The Morgan fingerprint density at radius 2 is 1.75 bits per heavy atom. The zero-order valence-electron chi connectivity index (χ0n) is 8.77. The van der Waals surface area contributed by atoms with Gasteiger partial charge in [0.25, 0.3) is 0 Å². The predicted molar refractivity (Wildman–Crippen MR) is 49.7 cm³/mol. The van der Waals surface area contributed by atoms with Gasteiger partial charge >= 0.3 is 0 Å². The minimum Gasteiger partial charge on any atom is -0.384 e. The molecule has 0 saturated carbocycles. The van der Waals surface area contributed by atoms with Gasteiger partial charge in [0.2, 0.25) is 0 Å². The minimum absolute atomic E-state index is 0.0913. The first-order chi connectivity index (χ1) is 5.33. The van der Waals surface area contributed by atoms with E-state index >= 15 is 0 Å². The molecule has 0 heterocycles. The third-order valence-electron chi connectivity index (χ3n) is 1.76. The molecule has 0 spiro atoms. The number of nitriles is 1. The van der Waals surface area contributed by atoms with Crippen LogP contribution in [-0.2, 0) is 4.74 Å². The zero-order chi connectivity index (χ0) is 9.83. The van der Waals surface area contributed by atoms with Crippen LogP contribution in [0.3, 0.4) is 0 Å². The minimum atomic E-state index is -0.248. The van der Waals surface area contributed by atoms with Crippen LogP contribution in [0.4, 0.5) is 0 Å². The Hall–Kier alpha value is -0.550. The van der Waals surface area contributed by atoms with Crippen molar-refractivity contribution in [2.75, 3.05) is 13.7 Å². The first kappa shape index (κ1) is 11.4. The Kier molecular flexibility index (Phi) is 3.73. The van der Waals surface area contributed by atoms with E-state index in [9.17, 15) is 0 Å². The Bertz CT molecular complexity index is 177. The molecule has 0 aliphatic carbocycles. The maximum atomic E-state index is 8.83. The van der Waals surface area contributed by atoms with Crippen molar-refractivity contribution in [2.45, 2.75) is 34.1 Å². The van der Waals surface area contributed by atoms with E-state index in [0.29, 0.717) is 6.61 Å². The third-order valence-corrected chi connectivity index (χ3v) is 1.76. The molecule has 0 aromatic rings. The highest BCUT2D eigenvalue weighted by molar-refractivity contribution is 4.95. The lowest BCUT2D eigenvalue weighted by Crippen LogP contribution is -2.26. The largest absolute Gasteiger partial charge is 0.384 e. The molecule has 0 aromatic carbocycles. The summed E-state index contributed by atoms with van der Waals surface area (Å²) in [6, 6.07) is 2.30. The van der Waals surface area contributed by atoms with Gasteiger partial charge in [-0.1, -0.05) is 13.8 Å². The fraction of sp³-hybridized carbons (Fsp3) is 0.900. The summed E-state index contributed by atoms with van der Waals surface area (Å²) >= 11 is 0. The Labute approximate surface area is 75.5 Å². The average Bonchev–Trinajstić information content (AvgIpc) is 1.85. The summed E-state index contributed by atoms with van der Waals surface area (Å²) < 4.78 is 5.09. The van der Waals surface area contributed by atoms with Gasteiger partial charge in [-0.2, -0.15) is 5.26 Å². The van der Waals surface area contributed by atoms with Gasteiger partial charge in [-0.05, 0) is 25.7 Å². The van der Waals surface area contributed by atoms with Gasteiger partial charge in [0.05, 0.1) is 18.1 Å². The molecule has 0 amide bonds. The molecular formula is C10H19NO. The summed E-state index contributed by atoms with van der Waals surface area (Å²) in [4.78, 5) is 0. The number of nitrogens with zero attached hydrogens (tertiary/aromatic N) is 1. The number of ether oxygens (including phenoxy) is 1. The fourth-order valence-electron chi connectivity index (χ4n) is 1.68. The lowest BCUT2D eigenvalue weighted by molar-refractivity contribution is 0.0795. The molecular weight excluding hydrogens is 150 g/mol. The fourth-order valence-corrected chi connectivity index (χ4v) is 1.68. The number of methoxy groups -OCH3 is 1. The Balaban J connectivity index is 4.16. The molecule has 0 saturated heterocycles. The van der Waals surface area contributed by atoms with Crippen LogP contribution in [0.15, 0.2) is 0 Å². The second kappa shape index (κ2) is 3.91. The molecule has 70 valence electrons. The summed E-state index contributed by atoms with van der Waals surface area (Å²) in [5.74, 6) is 0. The highest BCUT2D eigenvalue weighted by Gasteiger charge is 2.28. The molecule has 0 bridgehead atoms. The lowest BCUT2D eigenvalue weighted by atomic mass is 9.76. The van der Waals surface area contributed by atoms with Gasteiger partial charge in [0.15, 0.2) is 0 Å². The molecule has 2 heteroatoms. The van der Waals surface area contributed by atoms with Crippen LogP contribution in [0.25, 0.3) is 0 Å². The third kappa shape index (κ3) is 4.35. The summed E-state index contributed by atoms with van der Waals surface area (Å²) in [6.45, 7) is 8.87. The molecule has 0 rings (SSSR count). The summed E-state index contributed by atoms with van der Waals surface area (Å²) in [5, 5.41) is 8.83. The molecule has 0 aliphatic heterocycles. The number of hydrogen-bond acceptors (Lipinski definition) is 2. The van der Waals surface area contributed by atoms with Crippen LogP contribution >= 0.6 is 0 Å². The maximum absolute atomic E-state index is 8.83. The molecule has 0 N–H and O–H groups in total. The molecule has 2 nitrogen and oxygen atoms in total. The highest BCUT2D eigenvalue weighted by Crippen LogP contribution is 2.32. The molecule has 0 fully saturated rings. The molecule has 0 aliphatic rings. The number of rotatable bonds is 4. The van der Waals surface area contributed by atoms with Crippen LogP contribution in [0.5, 0.6) is 0 Å². The van der Waals surface area contributed by atoms with E-state index in [4.69, 9.17) is 10.00 Å². The molecule has 0 atom stereocenters. The van der Waals surface area contributed by atoms with Crippen LogP contribution in [0.1, 0.15) is 34.1 Å². The normalized spacial score (nSPS) is 12.7. The summed E-state index contributed by atoms with van der Waals surface area (Å²) in [7, 11) is 1.70. The van der Waals surface area contributed by atoms with Gasteiger partial charge in [0, 0.05) is 7.11 Å². The van der Waals surface area contributed by atoms with E-state index in [1.807, 2.05) is 13.8 Å². The number of hydrogen-bond donors (Lipinski definition) is 0. The summed E-state index contributed by atoms with van der Waals surface area (Å²) in [5.41, 5.74) is -0.157. The Morgan fingerprint density at radius 3 is 2.08 bits per heavy atom. The van der Waals surface area contributed by atoms with E-state index in [2.05, 4.69) is 19.9 Å². The van der Waals surface area contributed by atoms with E-state index in [0.717, 1.165) is 6.42 Å². The average molecular weight is 169 g/mol. The molecule has 12 heavy (non-hydrogen) atoms. The molecule has 0 radical (unpaired) electrons. The van der Waals surface area contributed by atoms with Crippen molar-refractivity contribution in [1.82, 2.24) is 0 Å². The standard InChI is InChI=1S/C10H19NO/c1-9(2,7-11)6-10(3,4)8-12-5/h6,8H2,1-5H3. The van der Waals surface area contributed by atoms with E-state index < -0.39 is 0 Å². The molecule has 0 aromatic heterocycles. The van der Waals surface area contributed by atoms with Crippen molar-refractivity contribution in [3.63, 3.8) is 0 Å². The highest BCUT2D eigenvalue weighted by atomic mass is 16.5.